The van der Waals surface area contributed by atoms with Gasteiger partial charge in [0.15, 0.2) is 0 Å². The molecule has 0 saturated heterocycles. The molecule has 7 atom stereocenters. The Labute approximate surface area is 849 Å². The first kappa shape index (κ1) is 129. The van der Waals surface area contributed by atoms with Crippen LogP contribution in [0.2, 0.25) is 0 Å². The molecule has 11 N–H and O–H groups in total. The van der Waals surface area contributed by atoms with Crippen LogP contribution < -0.4 is 4.74 Å². The third kappa shape index (κ3) is 54.5. The highest BCUT2D eigenvalue weighted by Gasteiger charge is 2.29. The first-order valence-electron chi connectivity index (χ1n) is 55.9. The van der Waals surface area contributed by atoms with E-state index in [9.17, 15) is 60.6 Å². The molecule has 0 aromatic heterocycles. The van der Waals surface area contributed by atoms with Crippen molar-refractivity contribution in [3.05, 3.63) is 242 Å². The van der Waals surface area contributed by atoms with E-state index in [-0.39, 0.29) is 49.9 Å². The minimum atomic E-state index is -0.700. The number of ether oxygens (including phenoxy) is 1. The fourth-order valence-corrected chi connectivity index (χ4v) is 19.8. The van der Waals surface area contributed by atoms with E-state index < -0.39 is 28.5 Å². The van der Waals surface area contributed by atoms with E-state index in [1.807, 2.05) is 87.5 Å². The molecule has 0 aliphatic heterocycles. The highest BCUT2D eigenvalue weighted by molar-refractivity contribution is 5.33. The van der Waals surface area contributed by atoms with Crippen LogP contribution >= 0.6 is 0 Å². The number of halogens is 1. The fraction of sp³-hybridized carbons (Fsp3) is 0.667. The Morgan fingerprint density at radius 1 is 0.288 bits per heavy atom. The first-order chi connectivity index (χ1) is 66.3. The van der Waals surface area contributed by atoms with Gasteiger partial charge in [0.05, 0.1) is 71.7 Å². The number of hydrogen-bond acceptors (Lipinski definition) is 12. The second kappa shape index (κ2) is 75.5. The Kier molecular flexibility index (Phi) is 70.0. The number of benzene rings is 7. The molecule has 7 aromatic rings. The van der Waals surface area contributed by atoms with Gasteiger partial charge in [0.25, 0.3) is 0 Å². The molecule has 13 heteroatoms. The summed E-state index contributed by atoms with van der Waals surface area (Å²) >= 11 is 0. The first-order valence-corrected chi connectivity index (χ1v) is 55.9. The molecule has 12 nitrogen and oxygen atoms in total. The van der Waals surface area contributed by atoms with Crippen molar-refractivity contribution in [1.82, 2.24) is 0 Å². The summed E-state index contributed by atoms with van der Waals surface area (Å²) in [5.74, 6) is 3.09. The van der Waals surface area contributed by atoms with Crippen molar-refractivity contribution in [2.24, 2.45) is 17.8 Å². The van der Waals surface area contributed by atoms with Crippen LogP contribution in [0.4, 0.5) is 4.39 Å². The molecule has 2 saturated carbocycles. The standard InChI is InChI=1S/C19H31FO2.2C19H32O2.C19H30O.C17H28O2.C16H24O2.C16H26O.CH4/c1-4-7-18(21)16-8-9-17(20)15(14-16)10-13-19(22,11-5-2)12-6-3;2*1-4-8-18(20)17-10-7-9-16(15-17)11-14-19(21,12-5-2)13-6-3;1-2-8-19(20)18-12-7-11-17(15-18)14-13-16-9-5-3-4-6-10-16;1-4-8-16(18)15-10-7-9-14(13-15)11-12-17(19,5-2)6-3;1-2-6-16(17)14-9-5-10-15(11-14)18-12-13-7-3-4-8-13;1-4-7-16(17)15-11-6-10-14(12-15)9-5-8-13(2)3;/h8-9,14,18,21-22H,4-7,10-13H2,1-3H3;2*7,9-10,15,18,20-21H,4-6,8,11-14H2,1-3H3;7,11-12,15-16,19-20H,2-6,8-10,13-14H2,1H3;7,9-10,13,16,18-19H,4-6,8,11-12H2,1-3H3;5,9-11,13,16-17H,2-4,6-8,12H2,1H3;6,10-13,16-17H,4-5,7-9H2,1-3H3;1H4. The Morgan fingerprint density at radius 2 is 0.561 bits per heavy atom. The maximum Gasteiger partial charge on any atom is 0.126 e. The molecule has 139 heavy (non-hydrogen) atoms. The number of rotatable bonds is 57. The van der Waals surface area contributed by atoms with E-state index in [1.165, 1.54) is 124 Å². The Balaban J connectivity index is 0.000000548. The average Bonchev–Trinajstić information content (AvgIpc) is 1.16. The number of aryl methyl sites for hydroxylation is 6. The molecule has 2 aliphatic carbocycles. The lowest BCUT2D eigenvalue weighted by Crippen LogP contribution is -2.29. The van der Waals surface area contributed by atoms with Crippen LogP contribution in [0.3, 0.4) is 0 Å². The molecular weight excluding hydrogens is 1720 g/mol. The monoisotopic (exact) mass is 1930 g/mol. The summed E-state index contributed by atoms with van der Waals surface area (Å²) in [5, 5.41) is 113. The van der Waals surface area contributed by atoms with Gasteiger partial charge in [-0.2, -0.15) is 0 Å². The molecule has 0 heterocycles. The highest BCUT2D eigenvalue weighted by Crippen LogP contribution is 2.36. The van der Waals surface area contributed by atoms with Gasteiger partial charge in [-0.05, 0) is 294 Å². The normalized spacial score (nSPS) is 14.6. The van der Waals surface area contributed by atoms with Crippen molar-refractivity contribution in [1.29, 1.82) is 0 Å². The van der Waals surface area contributed by atoms with Gasteiger partial charge in [-0.3, -0.25) is 0 Å². The van der Waals surface area contributed by atoms with Crippen molar-refractivity contribution < 1.29 is 65.3 Å². The van der Waals surface area contributed by atoms with Crippen LogP contribution in [0.5, 0.6) is 5.75 Å². The maximum absolute atomic E-state index is 14.0. The summed E-state index contributed by atoms with van der Waals surface area (Å²) < 4.78 is 19.9. The van der Waals surface area contributed by atoms with E-state index in [0.29, 0.717) is 24.8 Å². The molecule has 0 bridgehead atoms. The molecule has 0 radical (unpaired) electrons. The third-order valence-corrected chi connectivity index (χ3v) is 28.4. The van der Waals surface area contributed by atoms with Gasteiger partial charge in [0.2, 0.25) is 0 Å². The summed E-state index contributed by atoms with van der Waals surface area (Å²) in [6, 6.07) is 54.4. The summed E-state index contributed by atoms with van der Waals surface area (Å²) in [5.41, 5.74) is 11.6. The molecule has 790 valence electrons. The van der Waals surface area contributed by atoms with Crippen molar-refractivity contribution in [2.45, 2.75) is 518 Å². The van der Waals surface area contributed by atoms with Crippen LogP contribution in [0, 0.1) is 23.6 Å². The largest absolute Gasteiger partial charge is 0.493 e. The van der Waals surface area contributed by atoms with E-state index in [2.05, 4.69) is 176 Å². The molecule has 2 fully saturated rings. The van der Waals surface area contributed by atoms with Gasteiger partial charge in [-0.1, -0.05) is 412 Å². The zero-order chi connectivity index (χ0) is 102. The van der Waals surface area contributed by atoms with E-state index in [0.717, 1.165) is 287 Å². The minimum absolute atomic E-state index is 0. The molecule has 2 aliphatic rings. The van der Waals surface area contributed by atoms with Crippen LogP contribution in [0.25, 0.3) is 0 Å². The quantitative estimate of drug-likeness (QED) is 0.0160. The van der Waals surface area contributed by atoms with Crippen molar-refractivity contribution in [3.8, 4) is 5.75 Å². The topological polar surface area (TPSA) is 232 Å². The lowest BCUT2D eigenvalue weighted by molar-refractivity contribution is 0.0126. The summed E-state index contributed by atoms with van der Waals surface area (Å²) in [4.78, 5) is 0. The van der Waals surface area contributed by atoms with Gasteiger partial charge in [-0.15, -0.1) is 0 Å². The van der Waals surface area contributed by atoms with Gasteiger partial charge in [0, 0.05) is 0 Å². The van der Waals surface area contributed by atoms with E-state index in [1.54, 1.807) is 12.1 Å². The molecule has 9 rings (SSSR count). The summed E-state index contributed by atoms with van der Waals surface area (Å²) in [6.45, 7) is 36.6. The smallest absolute Gasteiger partial charge is 0.126 e. The van der Waals surface area contributed by atoms with Gasteiger partial charge in [-0.25, -0.2) is 4.39 Å². The van der Waals surface area contributed by atoms with E-state index >= 15 is 0 Å². The fourth-order valence-electron chi connectivity index (χ4n) is 19.8. The van der Waals surface area contributed by atoms with Crippen LogP contribution in [-0.2, 0) is 38.5 Å². The Hall–Kier alpha value is -6.17. The third-order valence-electron chi connectivity index (χ3n) is 28.4. The molecular formula is C126H207FO12. The molecule has 0 spiro atoms. The summed E-state index contributed by atoms with van der Waals surface area (Å²) in [7, 11) is 0. The van der Waals surface area contributed by atoms with Crippen LogP contribution in [0.1, 0.15) is 529 Å². The predicted molar refractivity (Wildman–Crippen MR) is 589 cm³/mol. The van der Waals surface area contributed by atoms with Crippen LogP contribution in [0.15, 0.2) is 164 Å². The zero-order valence-electron chi connectivity index (χ0n) is 90.3. The minimum Gasteiger partial charge on any atom is -0.493 e. The second-order valence-corrected chi connectivity index (χ2v) is 41.5. The van der Waals surface area contributed by atoms with Crippen LogP contribution in [-0.4, -0.2) is 85.2 Å². The lowest BCUT2D eigenvalue weighted by atomic mass is 9.86. The van der Waals surface area contributed by atoms with Crippen molar-refractivity contribution in [3.63, 3.8) is 0 Å². The van der Waals surface area contributed by atoms with Crippen molar-refractivity contribution >= 4 is 0 Å². The zero-order valence-corrected chi connectivity index (χ0v) is 90.3. The molecule has 0 amide bonds. The SMILES string of the molecule is C.CCCC(O)c1ccc(F)c(CCC(O)(CCC)CCC)c1.CCCC(O)c1cccc(CCC(O)(CC)CC)c1.CCCC(O)c1cccc(CCC(O)(CCC)CCC)c1.CCCC(O)c1cccc(CCC(O)(CCC)CCC)c1.CCCC(O)c1cccc(CCC2CCCCCC2)c1.CCCC(O)c1cccc(CCCC(C)C)c1.CCCC(O)c1cccc(OCC2CCCC2)c1. The molecule has 7 aromatic carbocycles. The maximum atomic E-state index is 14.0. The summed E-state index contributed by atoms with van der Waals surface area (Å²) in [6.07, 6.45) is 48.7. The number of hydrogen-bond donors (Lipinski definition) is 11. The van der Waals surface area contributed by atoms with Gasteiger partial charge in [0.1, 0.15) is 11.6 Å². The Bertz CT molecular complexity index is 4040. The van der Waals surface area contributed by atoms with Crippen molar-refractivity contribution in [2.75, 3.05) is 6.61 Å². The highest BCUT2D eigenvalue weighted by atomic mass is 19.1. The second-order valence-electron chi connectivity index (χ2n) is 41.5. The predicted octanol–water partition coefficient (Wildman–Crippen LogP) is 33.1. The van der Waals surface area contributed by atoms with E-state index in [4.69, 9.17) is 4.74 Å². The molecule has 7 unspecified atom stereocenters. The lowest BCUT2D eigenvalue weighted by Gasteiger charge is -2.27. The number of aliphatic hydroxyl groups is 11. The average molecular weight is 1930 g/mol. The Morgan fingerprint density at radius 3 is 0.871 bits per heavy atom. The van der Waals surface area contributed by atoms with Gasteiger partial charge < -0.3 is 60.9 Å². The number of aliphatic hydroxyl groups excluding tert-OH is 7. The van der Waals surface area contributed by atoms with Gasteiger partial charge >= 0.3 is 0 Å².